The van der Waals surface area contributed by atoms with Gasteiger partial charge in [-0.2, -0.15) is 0 Å². The summed E-state index contributed by atoms with van der Waals surface area (Å²) in [7, 11) is 1.65. The third kappa shape index (κ3) is 4.70. The average molecular weight is 222 g/mol. The van der Waals surface area contributed by atoms with Crippen molar-refractivity contribution in [2.24, 2.45) is 0 Å². The quantitative estimate of drug-likeness (QED) is 0.783. The lowest BCUT2D eigenvalue weighted by Gasteiger charge is -1.99. The standard InChI is InChI=1S/C12H14O2S/c1-10(13)15-8-4-6-11-5-3-7-12(9-11)14-2/h3-7,9H,8H2,1-2H3. The van der Waals surface area contributed by atoms with Crippen LogP contribution in [0.25, 0.3) is 6.08 Å². The maximum Gasteiger partial charge on any atom is 0.186 e. The Bertz CT molecular complexity index is 358. The van der Waals surface area contributed by atoms with E-state index in [-0.39, 0.29) is 5.12 Å². The zero-order valence-electron chi connectivity index (χ0n) is 8.90. The van der Waals surface area contributed by atoms with Crippen LogP contribution < -0.4 is 4.74 Å². The van der Waals surface area contributed by atoms with Crippen LogP contribution in [0.5, 0.6) is 5.75 Å². The summed E-state index contributed by atoms with van der Waals surface area (Å²) < 4.78 is 5.11. The van der Waals surface area contributed by atoms with Gasteiger partial charge >= 0.3 is 0 Å². The van der Waals surface area contributed by atoms with Crippen molar-refractivity contribution < 1.29 is 9.53 Å². The number of rotatable bonds is 4. The molecule has 0 N–H and O–H groups in total. The van der Waals surface area contributed by atoms with Crippen molar-refractivity contribution in [2.75, 3.05) is 12.9 Å². The lowest BCUT2D eigenvalue weighted by molar-refractivity contribution is -0.109. The molecule has 0 heterocycles. The van der Waals surface area contributed by atoms with Gasteiger partial charge in [0, 0.05) is 12.7 Å². The normalized spacial score (nSPS) is 10.5. The lowest BCUT2D eigenvalue weighted by Crippen LogP contribution is -1.83. The van der Waals surface area contributed by atoms with E-state index < -0.39 is 0 Å². The van der Waals surface area contributed by atoms with E-state index in [1.165, 1.54) is 11.8 Å². The van der Waals surface area contributed by atoms with Crippen LogP contribution >= 0.6 is 11.8 Å². The average Bonchev–Trinajstić information content (AvgIpc) is 2.24. The number of carbonyl (C=O) groups excluding carboxylic acids is 1. The molecule has 0 saturated heterocycles. The van der Waals surface area contributed by atoms with Gasteiger partial charge < -0.3 is 4.74 Å². The minimum Gasteiger partial charge on any atom is -0.497 e. The second kappa shape index (κ2) is 6.30. The Kier molecular flexibility index (Phi) is 4.98. The molecule has 0 amide bonds. The molecule has 0 spiro atoms. The Morgan fingerprint density at radius 3 is 3.00 bits per heavy atom. The summed E-state index contributed by atoms with van der Waals surface area (Å²) in [6.45, 7) is 1.57. The van der Waals surface area contributed by atoms with Crippen LogP contribution in [0.4, 0.5) is 0 Å². The van der Waals surface area contributed by atoms with E-state index in [1.54, 1.807) is 14.0 Å². The second-order valence-corrected chi connectivity index (χ2v) is 4.18. The monoisotopic (exact) mass is 222 g/mol. The molecule has 3 heteroatoms. The van der Waals surface area contributed by atoms with Crippen LogP contribution in [0, 0.1) is 0 Å². The Morgan fingerprint density at radius 1 is 1.53 bits per heavy atom. The van der Waals surface area contributed by atoms with Crippen molar-refractivity contribution in [1.29, 1.82) is 0 Å². The molecule has 0 fully saturated rings. The van der Waals surface area contributed by atoms with Crippen molar-refractivity contribution in [3.05, 3.63) is 35.9 Å². The summed E-state index contributed by atoms with van der Waals surface area (Å²) in [5.41, 5.74) is 1.08. The Labute approximate surface area is 94.3 Å². The predicted octanol–water partition coefficient (Wildman–Crippen LogP) is 2.99. The fourth-order valence-corrected chi connectivity index (χ4v) is 1.52. The summed E-state index contributed by atoms with van der Waals surface area (Å²) in [6.07, 6.45) is 3.96. The number of carbonyl (C=O) groups is 1. The molecule has 0 bridgehead atoms. The van der Waals surface area contributed by atoms with Crippen LogP contribution in [0.15, 0.2) is 30.3 Å². The van der Waals surface area contributed by atoms with Gasteiger partial charge in [-0.3, -0.25) is 4.79 Å². The number of hydrogen-bond donors (Lipinski definition) is 0. The third-order valence-electron chi connectivity index (χ3n) is 1.79. The fraction of sp³-hybridized carbons (Fsp3) is 0.250. The van der Waals surface area contributed by atoms with Crippen LogP contribution in [0.2, 0.25) is 0 Å². The van der Waals surface area contributed by atoms with E-state index in [2.05, 4.69) is 0 Å². The molecule has 0 aromatic heterocycles. The minimum absolute atomic E-state index is 0.144. The van der Waals surface area contributed by atoms with Gasteiger partial charge in [0.25, 0.3) is 0 Å². The topological polar surface area (TPSA) is 26.3 Å². The predicted molar refractivity (Wildman–Crippen MR) is 65.2 cm³/mol. The number of hydrogen-bond acceptors (Lipinski definition) is 3. The Balaban J connectivity index is 2.52. The second-order valence-electron chi connectivity index (χ2n) is 2.98. The zero-order chi connectivity index (χ0) is 11.1. The number of thioether (sulfide) groups is 1. The molecule has 80 valence electrons. The van der Waals surface area contributed by atoms with Gasteiger partial charge in [0.1, 0.15) is 5.75 Å². The van der Waals surface area contributed by atoms with Crippen LogP contribution in [0.1, 0.15) is 12.5 Å². The van der Waals surface area contributed by atoms with Gasteiger partial charge in [0.15, 0.2) is 5.12 Å². The van der Waals surface area contributed by atoms with E-state index in [1.807, 2.05) is 36.4 Å². The number of benzene rings is 1. The summed E-state index contributed by atoms with van der Waals surface area (Å²) in [6, 6.07) is 7.80. The molecule has 0 aliphatic carbocycles. The molecule has 0 aliphatic heterocycles. The fourth-order valence-electron chi connectivity index (χ4n) is 1.09. The van der Waals surface area contributed by atoms with Crippen molar-refractivity contribution in [3.63, 3.8) is 0 Å². The maximum atomic E-state index is 10.7. The lowest BCUT2D eigenvalue weighted by atomic mass is 10.2. The highest BCUT2D eigenvalue weighted by Gasteiger charge is 1.92. The van der Waals surface area contributed by atoms with E-state index in [9.17, 15) is 4.79 Å². The van der Waals surface area contributed by atoms with Gasteiger partial charge in [-0.05, 0) is 17.7 Å². The molecule has 1 aromatic carbocycles. The van der Waals surface area contributed by atoms with Crippen molar-refractivity contribution in [3.8, 4) is 5.75 Å². The number of methoxy groups -OCH3 is 1. The molecule has 0 radical (unpaired) electrons. The minimum atomic E-state index is 0.144. The van der Waals surface area contributed by atoms with Crippen molar-refractivity contribution in [2.45, 2.75) is 6.92 Å². The van der Waals surface area contributed by atoms with Gasteiger partial charge in [0.05, 0.1) is 7.11 Å². The van der Waals surface area contributed by atoms with Gasteiger partial charge in [-0.15, -0.1) is 0 Å². The zero-order valence-corrected chi connectivity index (χ0v) is 9.71. The maximum absolute atomic E-state index is 10.7. The first kappa shape index (κ1) is 11.9. The smallest absolute Gasteiger partial charge is 0.186 e. The van der Waals surface area contributed by atoms with E-state index in [0.717, 1.165) is 11.3 Å². The molecule has 0 aliphatic rings. The molecule has 0 atom stereocenters. The highest BCUT2D eigenvalue weighted by atomic mass is 32.2. The molecule has 0 saturated carbocycles. The van der Waals surface area contributed by atoms with E-state index >= 15 is 0 Å². The van der Waals surface area contributed by atoms with E-state index in [0.29, 0.717) is 5.75 Å². The molecule has 0 unspecified atom stereocenters. The SMILES string of the molecule is COc1cccc(C=CCSC(C)=O)c1. The highest BCUT2D eigenvalue weighted by molar-refractivity contribution is 8.13. The molecule has 15 heavy (non-hydrogen) atoms. The van der Waals surface area contributed by atoms with Gasteiger partial charge in [0.2, 0.25) is 0 Å². The first-order valence-corrected chi connectivity index (χ1v) is 5.65. The van der Waals surface area contributed by atoms with Crippen molar-refractivity contribution in [1.82, 2.24) is 0 Å². The first-order chi connectivity index (χ1) is 7.22. The molecule has 1 rings (SSSR count). The van der Waals surface area contributed by atoms with Crippen LogP contribution in [-0.2, 0) is 4.79 Å². The summed E-state index contributed by atoms with van der Waals surface area (Å²) >= 11 is 1.30. The molecule has 2 nitrogen and oxygen atoms in total. The highest BCUT2D eigenvalue weighted by Crippen LogP contribution is 2.14. The largest absolute Gasteiger partial charge is 0.497 e. The van der Waals surface area contributed by atoms with Crippen molar-refractivity contribution >= 4 is 23.0 Å². The molecular formula is C12H14O2S. The van der Waals surface area contributed by atoms with Crippen LogP contribution in [0.3, 0.4) is 0 Å². The first-order valence-electron chi connectivity index (χ1n) is 4.66. The van der Waals surface area contributed by atoms with E-state index in [4.69, 9.17) is 4.74 Å². The summed E-state index contributed by atoms with van der Waals surface area (Å²) in [4.78, 5) is 10.7. The van der Waals surface area contributed by atoms with Gasteiger partial charge in [-0.25, -0.2) is 0 Å². The molecular weight excluding hydrogens is 208 g/mol. The van der Waals surface area contributed by atoms with Gasteiger partial charge in [-0.1, -0.05) is 36.0 Å². The summed E-state index contributed by atoms with van der Waals surface area (Å²) in [5.74, 6) is 1.56. The number of ether oxygens (including phenoxy) is 1. The Morgan fingerprint density at radius 2 is 2.33 bits per heavy atom. The van der Waals surface area contributed by atoms with Crippen LogP contribution in [-0.4, -0.2) is 18.0 Å². The molecule has 1 aromatic rings. The summed E-state index contributed by atoms with van der Waals surface area (Å²) in [5, 5.41) is 0.144. The third-order valence-corrected chi connectivity index (χ3v) is 2.55. The Hall–Kier alpha value is -1.22.